The fraction of sp³-hybridized carbons (Fsp3) is 0.500. The molecule has 3 nitrogen and oxygen atoms in total. The highest BCUT2D eigenvalue weighted by Gasteiger charge is 2.39. The molecule has 0 aliphatic carbocycles. The van der Waals surface area contributed by atoms with Gasteiger partial charge in [0.1, 0.15) is 6.04 Å². The highest BCUT2D eigenvalue weighted by atomic mass is 79.9. The van der Waals surface area contributed by atoms with Crippen LogP contribution in [0, 0.1) is 5.92 Å². The summed E-state index contributed by atoms with van der Waals surface area (Å²) in [6.07, 6.45) is 0.954. The first-order valence-corrected chi connectivity index (χ1v) is 7.04. The number of likely N-dealkylation sites (tertiary alicyclic amines) is 1. The lowest BCUT2D eigenvalue weighted by Crippen LogP contribution is -2.40. The Labute approximate surface area is 116 Å². The first-order valence-electron chi connectivity index (χ1n) is 6.24. The molecule has 1 aromatic carbocycles. The monoisotopic (exact) mass is 311 g/mol. The van der Waals surface area contributed by atoms with Crippen LogP contribution in [0.1, 0.15) is 31.9 Å². The number of rotatable bonds is 3. The average Bonchev–Trinajstić information content (AvgIpc) is 2.70. The van der Waals surface area contributed by atoms with Gasteiger partial charge in [-0.25, -0.2) is 0 Å². The highest BCUT2D eigenvalue weighted by molar-refractivity contribution is 9.10. The zero-order valence-corrected chi connectivity index (χ0v) is 12.2. The maximum absolute atomic E-state index is 11.4. The van der Waals surface area contributed by atoms with E-state index in [1.54, 1.807) is 0 Å². The van der Waals surface area contributed by atoms with Crippen molar-refractivity contribution >= 4 is 21.9 Å². The van der Waals surface area contributed by atoms with E-state index in [1.165, 1.54) is 0 Å². The van der Waals surface area contributed by atoms with Gasteiger partial charge in [-0.1, -0.05) is 35.0 Å². The molecule has 3 unspecified atom stereocenters. The van der Waals surface area contributed by atoms with E-state index < -0.39 is 5.97 Å². The third-order valence-corrected chi connectivity index (χ3v) is 4.31. The van der Waals surface area contributed by atoms with Gasteiger partial charge in [-0.05, 0) is 43.5 Å². The van der Waals surface area contributed by atoms with Gasteiger partial charge in [-0.2, -0.15) is 0 Å². The van der Waals surface area contributed by atoms with Gasteiger partial charge in [-0.3, -0.25) is 9.69 Å². The summed E-state index contributed by atoms with van der Waals surface area (Å²) in [4.78, 5) is 13.5. The summed E-state index contributed by atoms with van der Waals surface area (Å²) in [5.74, 6) is -0.487. The minimum absolute atomic E-state index is 0.133. The number of hydrogen-bond acceptors (Lipinski definition) is 2. The molecule has 0 aromatic heterocycles. The summed E-state index contributed by atoms with van der Waals surface area (Å²) >= 11 is 3.46. The third-order valence-electron chi connectivity index (χ3n) is 3.82. The number of aliphatic carboxylic acids is 1. The van der Waals surface area contributed by atoms with Crippen molar-refractivity contribution in [2.45, 2.75) is 32.4 Å². The van der Waals surface area contributed by atoms with Crippen molar-refractivity contribution < 1.29 is 9.90 Å². The quantitative estimate of drug-likeness (QED) is 0.931. The van der Waals surface area contributed by atoms with E-state index in [4.69, 9.17) is 0 Å². The topological polar surface area (TPSA) is 40.5 Å². The second kappa shape index (κ2) is 5.41. The van der Waals surface area contributed by atoms with Gasteiger partial charge in [-0.15, -0.1) is 0 Å². The fourth-order valence-corrected chi connectivity index (χ4v) is 3.17. The number of benzene rings is 1. The molecule has 1 saturated heterocycles. The minimum Gasteiger partial charge on any atom is -0.480 e. The summed E-state index contributed by atoms with van der Waals surface area (Å²) in [6, 6.07) is 7.86. The molecule has 0 radical (unpaired) electrons. The van der Waals surface area contributed by atoms with E-state index in [0.717, 1.165) is 23.0 Å². The van der Waals surface area contributed by atoms with Crippen LogP contribution in [0.3, 0.4) is 0 Å². The molecule has 1 fully saturated rings. The molecule has 0 amide bonds. The van der Waals surface area contributed by atoms with Crippen LogP contribution in [-0.4, -0.2) is 28.6 Å². The molecule has 4 heteroatoms. The molecule has 0 spiro atoms. The molecular formula is C14H18BrNO2. The standard InChI is InChI=1S/C14H18BrNO2/c1-9-6-7-16(13(9)14(17)18)10(2)11-4-3-5-12(15)8-11/h3-5,8-10,13H,6-7H2,1-2H3,(H,17,18). The predicted molar refractivity (Wildman–Crippen MR) is 74.5 cm³/mol. The van der Waals surface area contributed by atoms with Crippen molar-refractivity contribution in [1.82, 2.24) is 4.90 Å². The van der Waals surface area contributed by atoms with E-state index in [9.17, 15) is 9.90 Å². The van der Waals surface area contributed by atoms with Crippen molar-refractivity contribution in [3.63, 3.8) is 0 Å². The summed E-state index contributed by atoms with van der Waals surface area (Å²) in [6.45, 7) is 4.95. The molecule has 2 rings (SSSR count). The zero-order valence-electron chi connectivity index (χ0n) is 10.6. The van der Waals surface area contributed by atoms with Gasteiger partial charge >= 0.3 is 5.97 Å². The minimum atomic E-state index is -0.707. The molecular weight excluding hydrogens is 294 g/mol. The molecule has 0 saturated carbocycles. The lowest BCUT2D eigenvalue weighted by molar-refractivity contribution is -0.144. The Morgan fingerprint density at radius 2 is 2.28 bits per heavy atom. The summed E-state index contributed by atoms with van der Waals surface area (Å²) in [5.41, 5.74) is 1.16. The molecule has 0 bridgehead atoms. The number of carboxylic acids is 1. The number of carboxylic acid groups (broad SMARTS) is 1. The van der Waals surface area contributed by atoms with Crippen molar-refractivity contribution in [2.75, 3.05) is 6.54 Å². The van der Waals surface area contributed by atoms with E-state index in [0.29, 0.717) is 0 Å². The number of halogens is 1. The van der Waals surface area contributed by atoms with E-state index in [-0.39, 0.29) is 18.0 Å². The molecule has 1 aliphatic rings. The van der Waals surface area contributed by atoms with Crippen LogP contribution >= 0.6 is 15.9 Å². The molecule has 1 aliphatic heterocycles. The lowest BCUT2D eigenvalue weighted by atomic mass is 10.0. The Bertz CT molecular complexity index is 449. The van der Waals surface area contributed by atoms with Gasteiger partial charge in [0.25, 0.3) is 0 Å². The Kier molecular flexibility index (Phi) is 4.07. The van der Waals surface area contributed by atoms with Crippen molar-refractivity contribution in [3.8, 4) is 0 Å². The molecule has 1 aromatic rings. The van der Waals surface area contributed by atoms with Gasteiger partial charge in [0.15, 0.2) is 0 Å². The van der Waals surface area contributed by atoms with Crippen molar-refractivity contribution in [1.29, 1.82) is 0 Å². The number of hydrogen-bond donors (Lipinski definition) is 1. The molecule has 3 atom stereocenters. The van der Waals surface area contributed by atoms with Crippen LogP contribution in [0.25, 0.3) is 0 Å². The first kappa shape index (κ1) is 13.6. The van der Waals surface area contributed by atoms with Gasteiger partial charge < -0.3 is 5.11 Å². The predicted octanol–water partition coefficient (Wildman–Crippen LogP) is 3.31. The largest absolute Gasteiger partial charge is 0.480 e. The Morgan fingerprint density at radius 3 is 2.89 bits per heavy atom. The van der Waals surface area contributed by atoms with Crippen molar-refractivity contribution in [2.24, 2.45) is 5.92 Å². The normalized spacial score (nSPS) is 26.2. The van der Waals surface area contributed by atoms with Crippen LogP contribution in [-0.2, 0) is 4.79 Å². The third kappa shape index (κ3) is 2.59. The zero-order chi connectivity index (χ0) is 13.3. The summed E-state index contributed by atoms with van der Waals surface area (Å²) < 4.78 is 1.03. The first-order chi connectivity index (χ1) is 8.50. The van der Waals surface area contributed by atoms with Crippen molar-refractivity contribution in [3.05, 3.63) is 34.3 Å². The molecule has 1 heterocycles. The molecule has 18 heavy (non-hydrogen) atoms. The smallest absolute Gasteiger partial charge is 0.321 e. The van der Waals surface area contributed by atoms with E-state index in [2.05, 4.69) is 39.9 Å². The number of nitrogens with zero attached hydrogens (tertiary/aromatic N) is 1. The fourth-order valence-electron chi connectivity index (χ4n) is 2.75. The van der Waals surface area contributed by atoms with Crippen LogP contribution in [0.5, 0.6) is 0 Å². The van der Waals surface area contributed by atoms with Crippen LogP contribution in [0.2, 0.25) is 0 Å². The lowest BCUT2D eigenvalue weighted by Gasteiger charge is -2.30. The van der Waals surface area contributed by atoms with Gasteiger partial charge in [0.05, 0.1) is 0 Å². The summed E-state index contributed by atoms with van der Waals surface area (Å²) in [7, 11) is 0. The molecule has 98 valence electrons. The summed E-state index contributed by atoms with van der Waals surface area (Å²) in [5, 5.41) is 9.35. The van der Waals surface area contributed by atoms with Gasteiger partial charge in [0, 0.05) is 10.5 Å². The number of carbonyl (C=O) groups is 1. The SMILES string of the molecule is CC1CCN(C(C)c2cccc(Br)c2)C1C(=O)O. The van der Waals surface area contributed by atoms with Crippen LogP contribution in [0.15, 0.2) is 28.7 Å². The Hall–Kier alpha value is -0.870. The van der Waals surface area contributed by atoms with Crippen LogP contribution < -0.4 is 0 Å². The van der Waals surface area contributed by atoms with E-state index in [1.807, 2.05) is 19.1 Å². The Balaban J connectivity index is 2.23. The molecule has 1 N–H and O–H groups in total. The second-order valence-electron chi connectivity index (χ2n) is 5.02. The Morgan fingerprint density at radius 1 is 1.56 bits per heavy atom. The maximum atomic E-state index is 11.4. The average molecular weight is 312 g/mol. The van der Waals surface area contributed by atoms with Crippen LogP contribution in [0.4, 0.5) is 0 Å². The van der Waals surface area contributed by atoms with E-state index >= 15 is 0 Å². The second-order valence-corrected chi connectivity index (χ2v) is 5.93. The maximum Gasteiger partial charge on any atom is 0.321 e. The highest BCUT2D eigenvalue weighted by Crippen LogP contribution is 2.33. The van der Waals surface area contributed by atoms with Gasteiger partial charge in [0.2, 0.25) is 0 Å².